The highest BCUT2D eigenvalue weighted by atomic mass is 16.8. The molecule has 1 amide bonds. The molecule has 0 unspecified atom stereocenters. The van der Waals surface area contributed by atoms with Crippen LogP contribution in [0.5, 0.6) is 0 Å². The summed E-state index contributed by atoms with van der Waals surface area (Å²) in [6.07, 6.45) is 1.27. The third kappa shape index (κ3) is 2.91. The van der Waals surface area contributed by atoms with Crippen LogP contribution in [0.4, 0.5) is 0 Å². The van der Waals surface area contributed by atoms with Crippen LogP contribution >= 0.6 is 0 Å². The van der Waals surface area contributed by atoms with Gasteiger partial charge in [-0.2, -0.15) is 5.26 Å². The van der Waals surface area contributed by atoms with Crippen LogP contribution in [0.1, 0.15) is 5.56 Å². The minimum atomic E-state index is -1.17. The van der Waals surface area contributed by atoms with Crippen LogP contribution in [0.3, 0.4) is 0 Å². The van der Waals surface area contributed by atoms with Crippen LogP contribution in [0.25, 0.3) is 6.08 Å². The SMILES string of the molecule is N#CC(=Cc1ccccc1)C(=O)N(O)O. The third-order valence-electron chi connectivity index (χ3n) is 1.64. The minimum Gasteiger partial charge on any atom is -0.263 e. The molecule has 2 N–H and O–H groups in total. The summed E-state index contributed by atoms with van der Waals surface area (Å²) in [6, 6.07) is 10.2. The molecule has 0 aromatic heterocycles. The first-order chi connectivity index (χ1) is 7.15. The smallest absolute Gasteiger partial charge is 0.263 e. The number of nitrogens with zero attached hydrogens (tertiary/aromatic N) is 2. The number of rotatable bonds is 2. The molecule has 1 rings (SSSR count). The highest BCUT2D eigenvalue weighted by Gasteiger charge is 2.14. The van der Waals surface area contributed by atoms with Gasteiger partial charge in [-0.15, -0.1) is 0 Å². The summed E-state index contributed by atoms with van der Waals surface area (Å²) in [7, 11) is 0. The van der Waals surface area contributed by atoms with Crippen molar-refractivity contribution >= 4 is 12.0 Å². The number of hydrogen-bond donors (Lipinski definition) is 2. The van der Waals surface area contributed by atoms with E-state index >= 15 is 0 Å². The van der Waals surface area contributed by atoms with Crippen LogP contribution in [0.2, 0.25) is 0 Å². The van der Waals surface area contributed by atoms with Gasteiger partial charge in [-0.1, -0.05) is 35.6 Å². The number of hydrogen-bond acceptors (Lipinski definition) is 4. The van der Waals surface area contributed by atoms with Gasteiger partial charge in [0, 0.05) is 0 Å². The number of carbonyl (C=O) groups excluding carboxylic acids is 1. The van der Waals surface area contributed by atoms with Crippen LogP contribution in [-0.2, 0) is 4.79 Å². The molecule has 76 valence electrons. The highest BCUT2D eigenvalue weighted by molar-refractivity contribution is 6.00. The molecule has 0 atom stereocenters. The number of carbonyl (C=O) groups is 1. The molecule has 1 aromatic rings. The topological polar surface area (TPSA) is 84.6 Å². The Morgan fingerprint density at radius 2 is 1.93 bits per heavy atom. The van der Waals surface area contributed by atoms with E-state index in [1.165, 1.54) is 6.08 Å². The van der Waals surface area contributed by atoms with E-state index < -0.39 is 11.1 Å². The Morgan fingerprint density at radius 1 is 1.33 bits per heavy atom. The van der Waals surface area contributed by atoms with Crippen molar-refractivity contribution < 1.29 is 15.2 Å². The second-order valence-corrected chi connectivity index (χ2v) is 2.68. The number of nitriles is 1. The summed E-state index contributed by atoms with van der Waals surface area (Å²) in [5.41, 5.74) is 0.274. The van der Waals surface area contributed by atoms with Crippen LogP contribution in [-0.4, -0.2) is 21.5 Å². The molecule has 0 saturated heterocycles. The van der Waals surface area contributed by atoms with E-state index in [0.29, 0.717) is 5.56 Å². The fourth-order valence-electron chi connectivity index (χ4n) is 0.965. The molecule has 0 aliphatic rings. The average Bonchev–Trinajstić information content (AvgIpc) is 2.26. The Labute approximate surface area is 86.0 Å². The fraction of sp³-hybridized carbons (Fsp3) is 0. The van der Waals surface area contributed by atoms with Crippen molar-refractivity contribution in [3.8, 4) is 6.07 Å². The first-order valence-corrected chi connectivity index (χ1v) is 4.04. The summed E-state index contributed by atoms with van der Waals surface area (Å²) in [5.74, 6) is -1.17. The molecule has 0 spiro atoms. The van der Waals surface area contributed by atoms with Crippen molar-refractivity contribution in [1.82, 2.24) is 5.23 Å². The van der Waals surface area contributed by atoms with Crippen LogP contribution < -0.4 is 0 Å². The summed E-state index contributed by atoms with van der Waals surface area (Å²) in [4.78, 5) is 11.0. The zero-order valence-electron chi connectivity index (χ0n) is 7.66. The van der Waals surface area contributed by atoms with E-state index in [-0.39, 0.29) is 5.57 Å². The molecule has 0 fully saturated rings. The van der Waals surface area contributed by atoms with Gasteiger partial charge in [0.25, 0.3) is 0 Å². The summed E-state index contributed by atoms with van der Waals surface area (Å²) in [6.45, 7) is 0. The number of hydroxylamine groups is 2. The second-order valence-electron chi connectivity index (χ2n) is 2.68. The van der Waals surface area contributed by atoms with E-state index in [1.54, 1.807) is 36.4 Å². The molecule has 0 saturated carbocycles. The van der Waals surface area contributed by atoms with Gasteiger partial charge in [-0.25, -0.2) is 0 Å². The molecular weight excluding hydrogens is 196 g/mol. The maximum absolute atomic E-state index is 11.0. The number of benzene rings is 1. The first-order valence-electron chi connectivity index (χ1n) is 4.04. The van der Waals surface area contributed by atoms with E-state index in [4.69, 9.17) is 15.7 Å². The van der Waals surface area contributed by atoms with Crippen molar-refractivity contribution in [3.63, 3.8) is 0 Å². The van der Waals surface area contributed by atoms with Gasteiger partial charge in [0.1, 0.15) is 11.6 Å². The second kappa shape index (κ2) is 4.91. The van der Waals surface area contributed by atoms with Gasteiger partial charge in [-0.05, 0) is 11.6 Å². The van der Waals surface area contributed by atoms with E-state index in [9.17, 15) is 4.79 Å². The number of amides is 1. The lowest BCUT2D eigenvalue weighted by Crippen LogP contribution is -2.24. The van der Waals surface area contributed by atoms with Crippen molar-refractivity contribution in [3.05, 3.63) is 41.5 Å². The maximum Gasteiger partial charge on any atom is 0.313 e. The Bertz CT molecular complexity index is 418. The van der Waals surface area contributed by atoms with Crippen molar-refractivity contribution in [1.29, 1.82) is 5.26 Å². The molecule has 15 heavy (non-hydrogen) atoms. The average molecular weight is 204 g/mol. The first kappa shape index (κ1) is 10.9. The molecule has 1 aromatic carbocycles. The van der Waals surface area contributed by atoms with Gasteiger partial charge in [0.05, 0.1) is 0 Å². The van der Waals surface area contributed by atoms with Gasteiger partial charge in [0.2, 0.25) is 0 Å². The Balaban J connectivity index is 3.00. The van der Waals surface area contributed by atoms with Crippen LogP contribution in [0.15, 0.2) is 35.9 Å². The predicted octanol–water partition coefficient (Wildman–Crippen LogP) is 1.20. The van der Waals surface area contributed by atoms with Crippen molar-refractivity contribution in [2.24, 2.45) is 0 Å². The lowest BCUT2D eigenvalue weighted by atomic mass is 10.1. The molecule has 5 heteroatoms. The Kier molecular flexibility index (Phi) is 3.57. The molecule has 5 nitrogen and oxygen atoms in total. The van der Waals surface area contributed by atoms with Gasteiger partial charge in [-0.3, -0.25) is 15.2 Å². The summed E-state index contributed by atoms with van der Waals surface area (Å²) in [5, 5.41) is 24.9. The van der Waals surface area contributed by atoms with Gasteiger partial charge in [0.15, 0.2) is 0 Å². The van der Waals surface area contributed by atoms with Crippen molar-refractivity contribution in [2.75, 3.05) is 0 Å². The normalized spacial score (nSPS) is 10.6. The molecule has 0 aliphatic heterocycles. The lowest BCUT2D eigenvalue weighted by molar-refractivity contribution is -0.281. The zero-order chi connectivity index (χ0) is 11.3. The molecule has 0 aliphatic carbocycles. The predicted molar refractivity (Wildman–Crippen MR) is 50.5 cm³/mol. The Hall–Kier alpha value is -2.16. The summed E-state index contributed by atoms with van der Waals surface area (Å²) < 4.78 is 0. The van der Waals surface area contributed by atoms with Crippen LogP contribution in [0, 0.1) is 11.3 Å². The zero-order valence-corrected chi connectivity index (χ0v) is 7.66. The maximum atomic E-state index is 11.0. The monoisotopic (exact) mass is 204 g/mol. The molecule has 0 heterocycles. The van der Waals surface area contributed by atoms with Gasteiger partial charge >= 0.3 is 5.91 Å². The molecular formula is C10H8N2O3. The minimum absolute atomic E-state index is 0.355. The quantitative estimate of drug-likeness (QED) is 0.328. The van der Waals surface area contributed by atoms with E-state index in [1.807, 2.05) is 0 Å². The third-order valence-corrected chi connectivity index (χ3v) is 1.64. The molecule has 0 radical (unpaired) electrons. The highest BCUT2D eigenvalue weighted by Crippen LogP contribution is 2.07. The van der Waals surface area contributed by atoms with E-state index in [0.717, 1.165) is 0 Å². The lowest BCUT2D eigenvalue weighted by Gasteiger charge is -2.03. The van der Waals surface area contributed by atoms with Crippen molar-refractivity contribution in [2.45, 2.75) is 0 Å². The molecule has 0 bridgehead atoms. The fourth-order valence-corrected chi connectivity index (χ4v) is 0.965. The van der Waals surface area contributed by atoms with E-state index in [2.05, 4.69) is 0 Å². The summed E-state index contributed by atoms with van der Waals surface area (Å²) >= 11 is 0. The standard InChI is InChI=1S/C10H8N2O3/c11-7-9(10(13)12(14)15)6-8-4-2-1-3-5-8/h1-6,14-15H. The largest absolute Gasteiger partial charge is 0.313 e. The Morgan fingerprint density at radius 3 is 2.40 bits per heavy atom. The van der Waals surface area contributed by atoms with Gasteiger partial charge < -0.3 is 0 Å².